The lowest BCUT2D eigenvalue weighted by Gasteiger charge is -2.22. The Bertz CT molecular complexity index is 3340. The van der Waals surface area contributed by atoms with Gasteiger partial charge < -0.3 is 4.57 Å². The van der Waals surface area contributed by atoms with Crippen molar-refractivity contribution in [1.29, 1.82) is 0 Å². The van der Waals surface area contributed by atoms with Gasteiger partial charge in [-0.3, -0.25) is 9.13 Å². The maximum absolute atomic E-state index is 5.51. The summed E-state index contributed by atoms with van der Waals surface area (Å²) >= 11 is 0. The summed E-state index contributed by atoms with van der Waals surface area (Å²) in [4.78, 5) is 15.3. The number of hydrogen-bond donors (Lipinski definition) is 0. The van der Waals surface area contributed by atoms with Crippen LogP contribution in [0.25, 0.3) is 94.5 Å². The van der Waals surface area contributed by atoms with E-state index in [4.69, 9.17) is 15.0 Å². The van der Waals surface area contributed by atoms with Crippen LogP contribution in [0.4, 0.5) is 0 Å². The molecule has 59 heavy (non-hydrogen) atoms. The predicted octanol–water partition coefficient (Wildman–Crippen LogP) is 13.6. The van der Waals surface area contributed by atoms with E-state index in [0.717, 1.165) is 56.2 Å². The van der Waals surface area contributed by atoms with E-state index in [2.05, 4.69) is 187 Å². The van der Waals surface area contributed by atoms with Crippen LogP contribution in [-0.4, -0.2) is 28.7 Å². The fourth-order valence-corrected chi connectivity index (χ4v) is 9.18. The first kappa shape index (κ1) is 34.9. The molecule has 0 amide bonds. The van der Waals surface area contributed by atoms with E-state index in [1.54, 1.807) is 0 Å². The van der Waals surface area contributed by atoms with E-state index < -0.39 is 0 Å². The van der Waals surface area contributed by atoms with Crippen molar-refractivity contribution in [1.82, 2.24) is 28.7 Å². The van der Waals surface area contributed by atoms with Crippen LogP contribution in [0.3, 0.4) is 0 Å². The third-order valence-electron chi connectivity index (χ3n) is 11.9. The van der Waals surface area contributed by atoms with Crippen LogP contribution in [0.1, 0.15) is 50.7 Å². The normalized spacial score (nSPS) is 12.0. The van der Waals surface area contributed by atoms with Crippen LogP contribution >= 0.6 is 0 Å². The molecule has 0 unspecified atom stereocenters. The highest BCUT2D eigenvalue weighted by molar-refractivity contribution is 6.19. The Morgan fingerprint density at radius 1 is 0.407 bits per heavy atom. The molecule has 11 aromatic rings. The summed E-state index contributed by atoms with van der Waals surface area (Å²) in [5, 5.41) is 4.83. The van der Waals surface area contributed by atoms with Crippen LogP contribution in [0.5, 0.6) is 0 Å². The number of rotatable bonds is 7. The third-order valence-corrected chi connectivity index (χ3v) is 11.9. The van der Waals surface area contributed by atoms with Crippen LogP contribution < -0.4 is 0 Å². The van der Waals surface area contributed by atoms with Gasteiger partial charge in [-0.25, -0.2) is 15.0 Å². The van der Waals surface area contributed by atoms with Gasteiger partial charge in [-0.05, 0) is 101 Å². The van der Waals surface area contributed by atoms with E-state index in [1.807, 2.05) is 24.5 Å². The van der Waals surface area contributed by atoms with E-state index in [9.17, 15) is 0 Å². The molecule has 5 heterocycles. The summed E-state index contributed by atoms with van der Waals surface area (Å²) in [5.41, 5.74) is 13.7. The minimum Gasteiger partial charge on any atom is -0.309 e. The van der Waals surface area contributed by atoms with E-state index in [0.29, 0.717) is 0 Å². The SMILES string of the molecule is CC(C)c1cc(-c2ccccc2)cc(C(C)C)c1-c1nc2ccc(-n3c4ccccc4c4cc5c6ccccc6n(-c6ccccn6)c5cc43)cc2n1-c1ccccn1. The minimum atomic E-state index is 0.259. The van der Waals surface area contributed by atoms with Crippen molar-refractivity contribution in [3.63, 3.8) is 0 Å². The van der Waals surface area contributed by atoms with Gasteiger partial charge in [-0.2, -0.15) is 0 Å². The van der Waals surface area contributed by atoms with Crippen molar-refractivity contribution in [3.05, 3.63) is 181 Å². The monoisotopic (exact) mass is 762 g/mol. The Kier molecular flexibility index (Phi) is 8.09. The molecule has 0 atom stereocenters. The number of imidazole rings is 1. The Morgan fingerprint density at radius 3 is 1.58 bits per heavy atom. The molecule has 0 aliphatic rings. The fraction of sp³-hybridized carbons (Fsp3) is 0.113. The molecule has 284 valence electrons. The van der Waals surface area contributed by atoms with Gasteiger partial charge in [0.05, 0.1) is 33.1 Å². The first-order valence-corrected chi connectivity index (χ1v) is 20.5. The largest absolute Gasteiger partial charge is 0.309 e. The summed E-state index contributed by atoms with van der Waals surface area (Å²) in [6, 6.07) is 56.5. The quantitative estimate of drug-likeness (QED) is 0.162. The molecule has 6 nitrogen and oxygen atoms in total. The number of aromatic nitrogens is 6. The molecule has 0 aliphatic heterocycles. The van der Waals surface area contributed by atoms with Crippen LogP contribution in [-0.2, 0) is 0 Å². The molecule has 0 radical (unpaired) electrons. The van der Waals surface area contributed by atoms with Crippen LogP contribution in [0.15, 0.2) is 170 Å². The molecule has 0 saturated heterocycles. The molecule has 0 spiro atoms. The molecule has 0 aliphatic carbocycles. The number of benzene rings is 6. The van der Waals surface area contributed by atoms with Crippen molar-refractivity contribution < 1.29 is 0 Å². The lowest BCUT2D eigenvalue weighted by atomic mass is 9.85. The minimum absolute atomic E-state index is 0.259. The molecule has 6 heteroatoms. The third kappa shape index (κ3) is 5.51. The summed E-state index contributed by atoms with van der Waals surface area (Å²) in [5.74, 6) is 3.16. The average Bonchev–Trinajstić information content (AvgIpc) is 3.93. The van der Waals surface area contributed by atoms with Crippen molar-refractivity contribution in [2.45, 2.75) is 39.5 Å². The molecule has 0 bridgehead atoms. The zero-order chi connectivity index (χ0) is 39.8. The fourth-order valence-electron chi connectivity index (χ4n) is 9.18. The van der Waals surface area contributed by atoms with Crippen molar-refractivity contribution in [2.75, 3.05) is 0 Å². The molecule has 0 N–H and O–H groups in total. The van der Waals surface area contributed by atoms with Crippen molar-refractivity contribution in [2.24, 2.45) is 0 Å². The van der Waals surface area contributed by atoms with Gasteiger partial charge in [0.15, 0.2) is 0 Å². The van der Waals surface area contributed by atoms with Gasteiger partial charge in [0, 0.05) is 45.2 Å². The van der Waals surface area contributed by atoms with Crippen LogP contribution in [0.2, 0.25) is 0 Å². The summed E-state index contributed by atoms with van der Waals surface area (Å²) in [6.07, 6.45) is 3.74. The average molecular weight is 763 g/mol. The zero-order valence-corrected chi connectivity index (χ0v) is 33.5. The summed E-state index contributed by atoms with van der Waals surface area (Å²) < 4.78 is 6.98. The zero-order valence-electron chi connectivity index (χ0n) is 33.5. The van der Waals surface area contributed by atoms with Crippen LogP contribution in [0, 0.1) is 0 Å². The highest BCUT2D eigenvalue weighted by Crippen LogP contribution is 2.43. The summed E-state index contributed by atoms with van der Waals surface area (Å²) in [7, 11) is 0. The van der Waals surface area contributed by atoms with Gasteiger partial charge in [0.1, 0.15) is 17.5 Å². The van der Waals surface area contributed by atoms with Gasteiger partial charge in [-0.15, -0.1) is 0 Å². The standard InChI is InChI=1S/C53H42N6/c1-33(2)40-28-36(35-16-6-5-7-17-35)29-41(34(3)4)52(40)53-56-44-25-24-37(30-49(44)59(53)51-23-13-15-27-55-51)57-45-20-10-8-18-38(45)42-31-43-39-19-9-11-21-46(39)58(48(43)32-47(42)57)50-22-12-14-26-54-50/h5-34H,1-4H3. The van der Waals surface area contributed by atoms with Gasteiger partial charge in [0.25, 0.3) is 0 Å². The molecule has 6 aromatic carbocycles. The molecule has 0 saturated carbocycles. The Balaban J connectivity index is 1.20. The lowest BCUT2D eigenvalue weighted by Crippen LogP contribution is -2.07. The maximum atomic E-state index is 5.51. The molecular weight excluding hydrogens is 721 g/mol. The number of nitrogens with zero attached hydrogens (tertiary/aromatic N) is 6. The second kappa shape index (κ2) is 13.7. The molecule has 0 fully saturated rings. The highest BCUT2D eigenvalue weighted by Gasteiger charge is 2.26. The van der Waals surface area contributed by atoms with Gasteiger partial charge in [0.2, 0.25) is 0 Å². The van der Waals surface area contributed by atoms with Gasteiger partial charge >= 0.3 is 0 Å². The first-order valence-electron chi connectivity index (χ1n) is 20.5. The number of para-hydroxylation sites is 2. The van der Waals surface area contributed by atoms with Gasteiger partial charge in [-0.1, -0.05) is 119 Å². The summed E-state index contributed by atoms with van der Waals surface area (Å²) in [6.45, 7) is 9.15. The number of hydrogen-bond acceptors (Lipinski definition) is 3. The Labute approximate surface area is 342 Å². The highest BCUT2D eigenvalue weighted by atomic mass is 15.1. The first-order chi connectivity index (χ1) is 28.9. The topological polar surface area (TPSA) is 53.5 Å². The maximum Gasteiger partial charge on any atom is 0.147 e. The van der Waals surface area contributed by atoms with E-state index in [1.165, 1.54) is 49.4 Å². The second-order valence-electron chi connectivity index (χ2n) is 16.1. The van der Waals surface area contributed by atoms with E-state index >= 15 is 0 Å². The molecular formula is C53H42N6. The second-order valence-corrected chi connectivity index (χ2v) is 16.1. The van der Waals surface area contributed by atoms with Crippen molar-refractivity contribution in [3.8, 4) is 39.8 Å². The van der Waals surface area contributed by atoms with E-state index in [-0.39, 0.29) is 11.8 Å². The molecule has 5 aromatic heterocycles. The predicted molar refractivity (Wildman–Crippen MR) is 244 cm³/mol. The lowest BCUT2D eigenvalue weighted by molar-refractivity contribution is 0.832. The number of pyridine rings is 2. The Morgan fingerprint density at radius 2 is 0.966 bits per heavy atom. The number of fused-ring (bicyclic) bond motifs is 7. The Hall–Kier alpha value is -7.31. The van der Waals surface area contributed by atoms with Crippen molar-refractivity contribution >= 4 is 54.6 Å². The molecule has 11 rings (SSSR count). The smallest absolute Gasteiger partial charge is 0.147 e.